The van der Waals surface area contributed by atoms with Crippen LogP contribution in [0.25, 0.3) is 87.1 Å². The first-order chi connectivity index (χ1) is 22.3. The van der Waals surface area contributed by atoms with Gasteiger partial charge < -0.3 is 0 Å². The third kappa shape index (κ3) is 4.36. The van der Waals surface area contributed by atoms with Gasteiger partial charge in [-0.15, -0.1) is 11.3 Å². The fourth-order valence-electron chi connectivity index (χ4n) is 6.16. The van der Waals surface area contributed by atoms with Gasteiger partial charge in [-0.1, -0.05) is 115 Å². The van der Waals surface area contributed by atoms with Crippen molar-refractivity contribution >= 4 is 53.3 Å². The molecule has 0 atom stereocenters. The smallest absolute Gasteiger partial charge is 0.160 e. The van der Waals surface area contributed by atoms with Crippen LogP contribution in [0.5, 0.6) is 0 Å². The Kier molecular flexibility index (Phi) is 5.96. The van der Waals surface area contributed by atoms with Crippen molar-refractivity contribution in [1.29, 1.82) is 0 Å². The molecule has 45 heavy (non-hydrogen) atoms. The van der Waals surface area contributed by atoms with Crippen molar-refractivity contribution in [2.75, 3.05) is 0 Å². The quantitative estimate of drug-likeness (QED) is 0.191. The van der Waals surface area contributed by atoms with Crippen molar-refractivity contribution in [3.8, 4) is 45.2 Å². The minimum Gasteiger partial charge on any atom is -0.255 e. The van der Waals surface area contributed by atoms with Crippen LogP contribution in [-0.4, -0.2) is 19.9 Å². The number of hydrogen-bond acceptors (Lipinski definition) is 5. The van der Waals surface area contributed by atoms with Crippen molar-refractivity contribution in [2.24, 2.45) is 0 Å². The molecule has 9 aromatic rings. The number of hydrogen-bond donors (Lipinski definition) is 0. The number of nitrogens with zero attached hydrogens (tertiary/aromatic N) is 4. The third-order valence-electron chi connectivity index (χ3n) is 8.35. The van der Waals surface area contributed by atoms with E-state index >= 15 is 0 Å². The van der Waals surface area contributed by atoms with E-state index in [1.54, 1.807) is 11.3 Å². The number of pyridine rings is 2. The predicted molar refractivity (Wildman–Crippen MR) is 187 cm³/mol. The molecule has 0 spiro atoms. The zero-order chi connectivity index (χ0) is 29.7. The SMILES string of the molecule is c1ccc(-c2nc(-c3ccc(-c4ccnc(-c5nc6ccccc6c6ccccc56)c4)cc3)c3sc4ccccc4c3n2)cc1. The molecule has 0 bridgehead atoms. The summed E-state index contributed by atoms with van der Waals surface area (Å²) >= 11 is 1.75. The van der Waals surface area contributed by atoms with Crippen LogP contribution in [0.4, 0.5) is 0 Å². The van der Waals surface area contributed by atoms with Gasteiger partial charge in [-0.2, -0.15) is 0 Å². The van der Waals surface area contributed by atoms with Gasteiger partial charge in [-0.3, -0.25) is 4.98 Å². The number of rotatable bonds is 4. The van der Waals surface area contributed by atoms with Crippen LogP contribution in [0.3, 0.4) is 0 Å². The Balaban J connectivity index is 1.15. The second kappa shape index (κ2) is 10.4. The molecule has 4 heterocycles. The molecule has 5 heteroatoms. The van der Waals surface area contributed by atoms with Crippen LogP contribution in [0.2, 0.25) is 0 Å². The van der Waals surface area contributed by atoms with Gasteiger partial charge >= 0.3 is 0 Å². The molecule has 0 amide bonds. The fraction of sp³-hybridized carbons (Fsp3) is 0. The summed E-state index contributed by atoms with van der Waals surface area (Å²) in [5.74, 6) is 0.736. The first-order valence-electron chi connectivity index (χ1n) is 14.9. The summed E-state index contributed by atoms with van der Waals surface area (Å²) < 4.78 is 2.31. The monoisotopic (exact) mass is 592 g/mol. The first kappa shape index (κ1) is 25.7. The molecule has 9 rings (SSSR count). The van der Waals surface area contributed by atoms with Gasteiger partial charge in [0.25, 0.3) is 0 Å². The molecular formula is C40H24N4S. The number of fused-ring (bicyclic) bond motifs is 6. The molecule has 0 N–H and O–H groups in total. The van der Waals surface area contributed by atoms with Gasteiger partial charge in [-0.05, 0) is 40.8 Å². The molecule has 210 valence electrons. The average Bonchev–Trinajstić information content (AvgIpc) is 3.50. The van der Waals surface area contributed by atoms with Crippen LogP contribution < -0.4 is 0 Å². The summed E-state index contributed by atoms with van der Waals surface area (Å²) in [6, 6.07) is 48.3. The van der Waals surface area contributed by atoms with Crippen molar-refractivity contribution in [1.82, 2.24) is 19.9 Å². The summed E-state index contributed by atoms with van der Waals surface area (Å²) in [6.07, 6.45) is 1.88. The average molecular weight is 593 g/mol. The maximum Gasteiger partial charge on any atom is 0.160 e. The second-order valence-corrected chi connectivity index (χ2v) is 12.1. The van der Waals surface area contributed by atoms with Crippen LogP contribution in [-0.2, 0) is 0 Å². The Morgan fingerprint density at radius 3 is 1.98 bits per heavy atom. The highest BCUT2D eigenvalue weighted by atomic mass is 32.1. The summed E-state index contributed by atoms with van der Waals surface area (Å²) in [4.78, 5) is 20.0. The molecule has 4 nitrogen and oxygen atoms in total. The van der Waals surface area contributed by atoms with Crippen molar-refractivity contribution in [3.05, 3.63) is 146 Å². The van der Waals surface area contributed by atoms with E-state index in [0.29, 0.717) is 0 Å². The molecule has 0 aliphatic heterocycles. The Labute approximate surface area is 263 Å². The van der Waals surface area contributed by atoms with Crippen molar-refractivity contribution < 1.29 is 0 Å². The highest BCUT2D eigenvalue weighted by Crippen LogP contribution is 2.40. The lowest BCUT2D eigenvalue weighted by Crippen LogP contribution is -1.94. The van der Waals surface area contributed by atoms with E-state index in [1.807, 2.05) is 30.5 Å². The maximum atomic E-state index is 5.13. The van der Waals surface area contributed by atoms with Gasteiger partial charge in [0.15, 0.2) is 5.82 Å². The van der Waals surface area contributed by atoms with Crippen molar-refractivity contribution in [3.63, 3.8) is 0 Å². The molecule has 0 aliphatic carbocycles. The molecule has 5 aromatic carbocycles. The zero-order valence-corrected chi connectivity index (χ0v) is 24.9. The molecule has 0 saturated heterocycles. The van der Waals surface area contributed by atoms with Crippen molar-refractivity contribution in [2.45, 2.75) is 0 Å². The normalized spacial score (nSPS) is 11.6. The highest BCUT2D eigenvalue weighted by Gasteiger charge is 2.17. The van der Waals surface area contributed by atoms with Crippen LogP contribution in [0, 0.1) is 0 Å². The van der Waals surface area contributed by atoms with Crippen LogP contribution in [0.1, 0.15) is 0 Å². The minimum absolute atomic E-state index is 0.736. The molecular weight excluding hydrogens is 569 g/mol. The second-order valence-electron chi connectivity index (χ2n) is 11.1. The van der Waals surface area contributed by atoms with Gasteiger partial charge in [0, 0.05) is 38.2 Å². The standard InChI is InChI=1S/C40H24N4S/c1-2-10-27(11-3-1)40-43-36(39-38(44-40)32-15-7-9-17-35(32)45-39)26-20-18-25(19-21-26)28-22-23-41-34(24-28)37-31-14-5-4-12-29(31)30-13-6-8-16-33(30)42-37/h1-24H. The molecule has 0 radical (unpaired) electrons. The van der Waals surface area contributed by atoms with Crippen LogP contribution in [0.15, 0.2) is 146 Å². The lowest BCUT2D eigenvalue weighted by Gasteiger charge is -2.11. The van der Waals surface area contributed by atoms with E-state index < -0.39 is 0 Å². The minimum atomic E-state index is 0.736. The number of thiophene rings is 1. The lowest BCUT2D eigenvalue weighted by atomic mass is 9.99. The Bertz CT molecular complexity index is 2540. The Morgan fingerprint density at radius 1 is 0.444 bits per heavy atom. The number of para-hydroxylation sites is 1. The topological polar surface area (TPSA) is 51.6 Å². The Morgan fingerprint density at radius 2 is 1.13 bits per heavy atom. The molecule has 0 unspecified atom stereocenters. The Hall–Kier alpha value is -5.78. The van der Waals surface area contributed by atoms with E-state index in [4.69, 9.17) is 19.9 Å². The van der Waals surface area contributed by atoms with E-state index in [1.165, 1.54) is 10.1 Å². The molecule has 0 aliphatic rings. The summed E-state index contributed by atoms with van der Waals surface area (Å²) in [5.41, 5.74) is 8.93. The first-order valence-corrected chi connectivity index (χ1v) is 15.7. The van der Waals surface area contributed by atoms with E-state index in [2.05, 4.69) is 115 Å². The van der Waals surface area contributed by atoms with Gasteiger partial charge in [0.1, 0.15) is 0 Å². The molecule has 4 aromatic heterocycles. The largest absolute Gasteiger partial charge is 0.255 e. The van der Waals surface area contributed by atoms with Crippen LogP contribution >= 0.6 is 11.3 Å². The molecule has 0 saturated carbocycles. The predicted octanol–water partition coefficient (Wildman–Crippen LogP) is 10.6. The maximum absolute atomic E-state index is 5.13. The summed E-state index contributed by atoms with van der Waals surface area (Å²) in [6.45, 7) is 0. The van der Waals surface area contributed by atoms with E-state index in [0.717, 1.165) is 77.1 Å². The fourth-order valence-corrected chi connectivity index (χ4v) is 7.32. The molecule has 0 fully saturated rings. The number of aromatic nitrogens is 4. The zero-order valence-electron chi connectivity index (χ0n) is 24.1. The number of benzene rings is 5. The lowest BCUT2D eigenvalue weighted by molar-refractivity contribution is 1.24. The van der Waals surface area contributed by atoms with Gasteiger partial charge in [0.05, 0.1) is 32.8 Å². The third-order valence-corrected chi connectivity index (χ3v) is 9.52. The van der Waals surface area contributed by atoms with Gasteiger partial charge in [-0.25, -0.2) is 15.0 Å². The van der Waals surface area contributed by atoms with E-state index in [9.17, 15) is 0 Å². The van der Waals surface area contributed by atoms with E-state index in [-0.39, 0.29) is 0 Å². The summed E-state index contributed by atoms with van der Waals surface area (Å²) in [7, 11) is 0. The highest BCUT2D eigenvalue weighted by molar-refractivity contribution is 7.26. The summed E-state index contributed by atoms with van der Waals surface area (Å²) in [5, 5.41) is 4.59. The van der Waals surface area contributed by atoms with Gasteiger partial charge in [0.2, 0.25) is 0 Å².